The average Bonchev–Trinajstić information content (AvgIpc) is 2.49. The van der Waals surface area contributed by atoms with Crippen molar-refractivity contribution in [1.82, 2.24) is 10.2 Å². The van der Waals surface area contributed by atoms with Gasteiger partial charge in [0, 0.05) is 30.4 Å². The molecule has 4 nitrogen and oxygen atoms in total. The number of halogens is 2. The molecular formula is C16H23F2N3O. The first-order valence-electron chi connectivity index (χ1n) is 7.73. The maximum atomic E-state index is 13.1. The molecule has 6 heteroatoms. The van der Waals surface area contributed by atoms with Gasteiger partial charge in [0.25, 0.3) is 0 Å². The first-order valence-corrected chi connectivity index (χ1v) is 7.73. The summed E-state index contributed by atoms with van der Waals surface area (Å²) in [5, 5.41) is 5.28. The van der Waals surface area contributed by atoms with Gasteiger partial charge in [-0.05, 0) is 45.4 Å². The van der Waals surface area contributed by atoms with Crippen LogP contribution in [0.5, 0.6) is 0 Å². The topological polar surface area (TPSA) is 44.4 Å². The van der Waals surface area contributed by atoms with Gasteiger partial charge in [-0.3, -0.25) is 4.90 Å². The molecule has 1 saturated heterocycles. The van der Waals surface area contributed by atoms with Crippen LogP contribution in [0.2, 0.25) is 0 Å². The number of rotatable bonds is 4. The van der Waals surface area contributed by atoms with Gasteiger partial charge in [-0.15, -0.1) is 0 Å². The number of nitrogens with one attached hydrogen (secondary N) is 2. The number of nitrogens with zero attached hydrogens (tertiary/aromatic N) is 1. The highest BCUT2D eigenvalue weighted by atomic mass is 19.2. The molecular weight excluding hydrogens is 288 g/mol. The van der Waals surface area contributed by atoms with Crippen molar-refractivity contribution in [3.8, 4) is 0 Å². The second-order valence-electron chi connectivity index (χ2n) is 5.90. The molecule has 1 aromatic carbocycles. The summed E-state index contributed by atoms with van der Waals surface area (Å²) < 4.78 is 25.9. The lowest BCUT2D eigenvalue weighted by atomic mass is 10.0. The Morgan fingerprint density at radius 3 is 2.82 bits per heavy atom. The summed E-state index contributed by atoms with van der Waals surface area (Å²) in [5.41, 5.74) is 0.232. The number of hydrogen-bond donors (Lipinski definition) is 2. The fraction of sp³-hybridized carbons (Fsp3) is 0.562. The molecule has 2 rings (SSSR count). The summed E-state index contributed by atoms with van der Waals surface area (Å²) in [4.78, 5) is 14.2. The molecule has 0 aromatic heterocycles. The van der Waals surface area contributed by atoms with Crippen LogP contribution in [0.3, 0.4) is 0 Å². The lowest BCUT2D eigenvalue weighted by molar-refractivity contribution is 0.114. The van der Waals surface area contributed by atoms with Crippen LogP contribution in [0.4, 0.5) is 19.3 Å². The van der Waals surface area contributed by atoms with E-state index in [1.54, 1.807) is 0 Å². The molecule has 2 atom stereocenters. The van der Waals surface area contributed by atoms with Gasteiger partial charge < -0.3 is 10.6 Å². The van der Waals surface area contributed by atoms with Crippen molar-refractivity contribution in [1.29, 1.82) is 0 Å². The average molecular weight is 311 g/mol. The third-order valence-corrected chi connectivity index (χ3v) is 4.16. The molecule has 1 aliphatic heterocycles. The van der Waals surface area contributed by atoms with Crippen LogP contribution < -0.4 is 10.6 Å². The van der Waals surface area contributed by atoms with Crippen molar-refractivity contribution < 1.29 is 13.6 Å². The number of piperidine rings is 1. The standard InChI is InChI=1S/C16H23F2N3O/c1-11-5-3-4-8-21(11)12(2)10-19-16(22)20-13-6-7-14(17)15(18)9-13/h6-7,9,11-12H,3-5,8,10H2,1-2H3,(H2,19,20,22)/t11-,12-/m0/s1. The molecule has 1 aliphatic rings. The Bertz CT molecular complexity index is 524. The largest absolute Gasteiger partial charge is 0.336 e. The highest BCUT2D eigenvalue weighted by Gasteiger charge is 2.23. The highest BCUT2D eigenvalue weighted by molar-refractivity contribution is 5.89. The van der Waals surface area contributed by atoms with Crippen molar-refractivity contribution in [3.63, 3.8) is 0 Å². The number of hydrogen-bond acceptors (Lipinski definition) is 2. The van der Waals surface area contributed by atoms with Crippen molar-refractivity contribution in [2.75, 3.05) is 18.4 Å². The SMILES string of the molecule is C[C@H]1CCCCN1[C@@H](C)CNC(=O)Nc1ccc(F)c(F)c1. The van der Waals surface area contributed by atoms with Gasteiger partial charge in [-0.25, -0.2) is 13.6 Å². The van der Waals surface area contributed by atoms with Crippen LogP contribution in [-0.2, 0) is 0 Å². The van der Waals surface area contributed by atoms with Gasteiger partial charge in [-0.2, -0.15) is 0 Å². The van der Waals surface area contributed by atoms with Gasteiger partial charge in [-0.1, -0.05) is 6.42 Å². The molecule has 2 amide bonds. The zero-order valence-corrected chi connectivity index (χ0v) is 13.0. The number of anilines is 1. The van der Waals surface area contributed by atoms with Crippen LogP contribution in [0, 0.1) is 11.6 Å². The Labute approximate surface area is 129 Å². The Morgan fingerprint density at radius 1 is 1.36 bits per heavy atom. The molecule has 0 unspecified atom stereocenters. The Balaban J connectivity index is 1.80. The van der Waals surface area contributed by atoms with E-state index in [1.165, 1.54) is 25.3 Å². The zero-order valence-electron chi connectivity index (χ0n) is 13.0. The Morgan fingerprint density at radius 2 is 2.14 bits per heavy atom. The Hall–Kier alpha value is -1.69. The van der Waals surface area contributed by atoms with Gasteiger partial charge in [0.2, 0.25) is 0 Å². The second-order valence-corrected chi connectivity index (χ2v) is 5.90. The van der Waals surface area contributed by atoms with Gasteiger partial charge in [0.1, 0.15) is 0 Å². The minimum atomic E-state index is -0.978. The molecule has 1 heterocycles. The molecule has 0 radical (unpaired) electrons. The van der Waals surface area contributed by atoms with E-state index < -0.39 is 17.7 Å². The molecule has 2 N–H and O–H groups in total. The predicted molar refractivity (Wildman–Crippen MR) is 82.9 cm³/mol. The smallest absolute Gasteiger partial charge is 0.319 e. The number of urea groups is 1. The van der Waals surface area contributed by atoms with Crippen molar-refractivity contribution >= 4 is 11.7 Å². The maximum Gasteiger partial charge on any atom is 0.319 e. The van der Waals surface area contributed by atoms with E-state index in [0.717, 1.165) is 18.7 Å². The minimum absolute atomic E-state index is 0.232. The van der Waals surface area contributed by atoms with Crippen LogP contribution >= 0.6 is 0 Å². The Kier molecular flexibility index (Phi) is 5.71. The molecule has 0 saturated carbocycles. The van der Waals surface area contributed by atoms with Gasteiger partial charge in [0.05, 0.1) is 0 Å². The summed E-state index contributed by atoms with van der Waals surface area (Å²) in [6.45, 7) is 5.85. The summed E-state index contributed by atoms with van der Waals surface area (Å²) in [7, 11) is 0. The highest BCUT2D eigenvalue weighted by Crippen LogP contribution is 2.18. The van der Waals surface area contributed by atoms with Crippen LogP contribution in [0.25, 0.3) is 0 Å². The van der Waals surface area contributed by atoms with Crippen molar-refractivity contribution in [2.24, 2.45) is 0 Å². The van der Waals surface area contributed by atoms with Crippen molar-refractivity contribution in [3.05, 3.63) is 29.8 Å². The maximum absolute atomic E-state index is 13.1. The number of carbonyl (C=O) groups excluding carboxylic acids is 1. The lowest BCUT2D eigenvalue weighted by Gasteiger charge is -2.38. The van der Waals surface area contributed by atoms with Crippen LogP contribution in [0.1, 0.15) is 33.1 Å². The molecule has 1 aromatic rings. The first-order chi connectivity index (χ1) is 10.5. The van der Waals surface area contributed by atoms with Crippen molar-refractivity contribution in [2.45, 2.75) is 45.2 Å². The number of benzene rings is 1. The third kappa shape index (κ3) is 4.40. The van der Waals surface area contributed by atoms with E-state index in [9.17, 15) is 13.6 Å². The van der Waals surface area contributed by atoms with E-state index in [4.69, 9.17) is 0 Å². The zero-order chi connectivity index (χ0) is 16.1. The summed E-state index contributed by atoms with van der Waals surface area (Å²) in [6.07, 6.45) is 3.63. The molecule has 0 spiro atoms. The number of likely N-dealkylation sites (tertiary alicyclic amines) is 1. The van der Waals surface area contributed by atoms with E-state index in [-0.39, 0.29) is 11.7 Å². The predicted octanol–water partition coefficient (Wildman–Crippen LogP) is 3.35. The lowest BCUT2D eigenvalue weighted by Crippen LogP contribution is -2.49. The molecule has 122 valence electrons. The summed E-state index contributed by atoms with van der Waals surface area (Å²) >= 11 is 0. The fourth-order valence-corrected chi connectivity index (χ4v) is 2.88. The molecule has 0 aliphatic carbocycles. The number of amides is 2. The van der Waals surface area contributed by atoms with Gasteiger partial charge in [0.15, 0.2) is 11.6 Å². The van der Waals surface area contributed by atoms with Crippen LogP contribution in [-0.4, -0.2) is 36.1 Å². The van der Waals surface area contributed by atoms with E-state index >= 15 is 0 Å². The van der Waals surface area contributed by atoms with E-state index in [2.05, 4.69) is 29.4 Å². The summed E-state index contributed by atoms with van der Waals surface area (Å²) in [6, 6.07) is 3.63. The monoisotopic (exact) mass is 311 g/mol. The molecule has 1 fully saturated rings. The fourth-order valence-electron chi connectivity index (χ4n) is 2.88. The normalized spacial score (nSPS) is 20.5. The van der Waals surface area contributed by atoms with E-state index in [1.807, 2.05) is 0 Å². The molecule has 22 heavy (non-hydrogen) atoms. The quantitative estimate of drug-likeness (QED) is 0.895. The van der Waals surface area contributed by atoms with Crippen LogP contribution in [0.15, 0.2) is 18.2 Å². The number of carbonyl (C=O) groups is 1. The first kappa shape index (κ1) is 16.7. The minimum Gasteiger partial charge on any atom is -0.336 e. The van der Waals surface area contributed by atoms with E-state index in [0.29, 0.717) is 12.6 Å². The third-order valence-electron chi connectivity index (χ3n) is 4.16. The molecule has 0 bridgehead atoms. The second kappa shape index (κ2) is 7.54. The summed E-state index contributed by atoms with van der Waals surface area (Å²) in [5.74, 6) is -1.91. The van der Waals surface area contributed by atoms with Gasteiger partial charge >= 0.3 is 6.03 Å².